The molecule has 0 aliphatic carbocycles. The van der Waals surface area contributed by atoms with E-state index in [0.717, 1.165) is 12.5 Å². The normalized spacial score (nSPS) is 8.86. The Bertz CT molecular complexity index is 507. The number of benzene rings is 1. The molecule has 0 aliphatic rings. The Kier molecular flexibility index (Phi) is 8.92. The van der Waals surface area contributed by atoms with E-state index in [4.69, 9.17) is 5.11 Å². The number of hydrogen-bond acceptors (Lipinski definition) is 5. The van der Waals surface area contributed by atoms with E-state index in [1.54, 1.807) is 12.1 Å². The van der Waals surface area contributed by atoms with Gasteiger partial charge in [0.2, 0.25) is 0 Å². The molecule has 114 valence electrons. The molecule has 0 radical (unpaired) electrons. The predicted molar refractivity (Wildman–Crippen MR) is 76.2 cm³/mol. The van der Waals surface area contributed by atoms with Crippen LogP contribution in [-0.4, -0.2) is 36.7 Å². The maximum Gasteiger partial charge on any atom is 0.338 e. The molecule has 1 rings (SSSR count). The first-order valence-electron chi connectivity index (χ1n) is 6.17. The van der Waals surface area contributed by atoms with E-state index in [9.17, 15) is 14.4 Å². The topological polar surface area (TPSA) is 89.9 Å². The molecule has 0 spiro atoms. The molecule has 0 amide bonds. The first-order valence-corrected chi connectivity index (χ1v) is 6.17. The molecular weight excluding hydrogens is 276 g/mol. The molecule has 1 aromatic rings. The Morgan fingerprint density at radius 3 is 2.24 bits per heavy atom. The number of ether oxygens (including phenoxy) is 2. The molecule has 0 saturated heterocycles. The molecule has 0 aliphatic heterocycles. The number of methoxy groups -OCH3 is 1. The number of carboxylic acids is 1. The Labute approximate surface area is 123 Å². The van der Waals surface area contributed by atoms with Gasteiger partial charge in [0.05, 0.1) is 24.8 Å². The monoisotopic (exact) mass is 294 g/mol. The first kappa shape index (κ1) is 18.4. The van der Waals surface area contributed by atoms with Crippen LogP contribution < -0.4 is 0 Å². The van der Waals surface area contributed by atoms with Crippen molar-refractivity contribution < 1.29 is 29.0 Å². The van der Waals surface area contributed by atoms with Gasteiger partial charge in [-0.1, -0.05) is 25.6 Å². The minimum atomic E-state index is -1.14. The predicted octanol–water partition coefficient (Wildman–Crippen LogP) is 2.30. The third-order valence-corrected chi connectivity index (χ3v) is 2.18. The molecular formula is C15H18O6. The second-order valence-corrected chi connectivity index (χ2v) is 3.71. The highest BCUT2D eigenvalue weighted by atomic mass is 16.5. The molecule has 0 saturated carbocycles. The second kappa shape index (κ2) is 10.2. The van der Waals surface area contributed by atoms with Crippen molar-refractivity contribution in [3.63, 3.8) is 0 Å². The van der Waals surface area contributed by atoms with E-state index in [2.05, 4.69) is 16.1 Å². The summed E-state index contributed by atoms with van der Waals surface area (Å²) in [6, 6.07) is 5.90. The quantitative estimate of drug-likeness (QED) is 0.662. The van der Waals surface area contributed by atoms with Gasteiger partial charge < -0.3 is 14.6 Å². The third-order valence-electron chi connectivity index (χ3n) is 2.18. The highest BCUT2D eigenvalue weighted by Gasteiger charge is 2.15. The van der Waals surface area contributed by atoms with E-state index in [1.165, 1.54) is 19.2 Å². The summed E-state index contributed by atoms with van der Waals surface area (Å²) in [7, 11) is 1.21. The van der Waals surface area contributed by atoms with Gasteiger partial charge in [-0.2, -0.15) is 0 Å². The van der Waals surface area contributed by atoms with Crippen LogP contribution in [-0.2, 0) is 14.3 Å². The molecule has 6 heteroatoms. The van der Waals surface area contributed by atoms with Gasteiger partial charge in [-0.3, -0.25) is 0 Å². The highest BCUT2D eigenvalue weighted by molar-refractivity contribution is 6.02. The molecule has 0 aromatic heterocycles. The highest BCUT2D eigenvalue weighted by Crippen LogP contribution is 2.09. The number of carbonyl (C=O) groups is 3. The fraction of sp³-hybridized carbons (Fsp3) is 0.267. The van der Waals surface area contributed by atoms with E-state index >= 15 is 0 Å². The zero-order chi connectivity index (χ0) is 16.3. The van der Waals surface area contributed by atoms with Crippen LogP contribution in [0, 0.1) is 0 Å². The minimum absolute atomic E-state index is 0.0469. The van der Waals surface area contributed by atoms with Crippen LogP contribution in [0.15, 0.2) is 36.9 Å². The van der Waals surface area contributed by atoms with Crippen LogP contribution in [0.25, 0.3) is 0 Å². The molecule has 1 aromatic carbocycles. The van der Waals surface area contributed by atoms with Crippen molar-refractivity contribution in [1.82, 2.24) is 0 Å². The van der Waals surface area contributed by atoms with Crippen LogP contribution >= 0.6 is 0 Å². The summed E-state index contributed by atoms with van der Waals surface area (Å²) in [5.41, 5.74) is 0.0202. The largest absolute Gasteiger partial charge is 0.478 e. The van der Waals surface area contributed by atoms with Crippen LogP contribution in [0.5, 0.6) is 0 Å². The number of esters is 2. The fourth-order valence-electron chi connectivity index (χ4n) is 1.22. The molecule has 0 bridgehead atoms. The van der Waals surface area contributed by atoms with Crippen molar-refractivity contribution in [2.75, 3.05) is 13.7 Å². The smallest absolute Gasteiger partial charge is 0.338 e. The standard InChI is InChI=1S/C9H8O4.C6H10O2/c1-13-9(12)7-5-3-2-4-6(7)8(10)11;1-3-5-8-6(7)4-2/h2-5H,1H3,(H,10,11);4H,2-3,5H2,1H3. The number of hydrogen-bond donors (Lipinski definition) is 1. The van der Waals surface area contributed by atoms with Gasteiger partial charge in [0.25, 0.3) is 0 Å². The molecule has 0 fully saturated rings. The van der Waals surface area contributed by atoms with Crippen LogP contribution in [0.3, 0.4) is 0 Å². The van der Waals surface area contributed by atoms with Crippen LogP contribution in [0.4, 0.5) is 0 Å². The van der Waals surface area contributed by atoms with Crippen molar-refractivity contribution >= 4 is 17.9 Å². The fourth-order valence-corrected chi connectivity index (χ4v) is 1.22. The Balaban J connectivity index is 0.000000433. The molecule has 6 nitrogen and oxygen atoms in total. The summed E-state index contributed by atoms with van der Waals surface area (Å²) < 4.78 is 9.01. The Morgan fingerprint density at radius 1 is 1.24 bits per heavy atom. The van der Waals surface area contributed by atoms with Gasteiger partial charge in [-0.25, -0.2) is 14.4 Å². The van der Waals surface area contributed by atoms with Gasteiger partial charge in [-0.15, -0.1) is 0 Å². The Hall–Kier alpha value is -2.63. The first-order chi connectivity index (χ1) is 9.97. The summed E-state index contributed by atoms with van der Waals surface area (Å²) >= 11 is 0. The molecule has 21 heavy (non-hydrogen) atoms. The maximum absolute atomic E-state index is 11.1. The summed E-state index contributed by atoms with van der Waals surface area (Å²) in [5, 5.41) is 8.70. The zero-order valence-corrected chi connectivity index (χ0v) is 12.0. The van der Waals surface area contributed by atoms with Gasteiger partial charge >= 0.3 is 17.9 Å². The lowest BCUT2D eigenvalue weighted by atomic mass is 10.1. The van der Waals surface area contributed by atoms with Crippen molar-refractivity contribution in [3.8, 4) is 0 Å². The van der Waals surface area contributed by atoms with E-state index in [-0.39, 0.29) is 17.1 Å². The zero-order valence-electron chi connectivity index (χ0n) is 12.0. The lowest BCUT2D eigenvalue weighted by molar-refractivity contribution is -0.137. The summed E-state index contributed by atoms with van der Waals surface area (Å²) in [5.74, 6) is -2.12. The average molecular weight is 294 g/mol. The minimum Gasteiger partial charge on any atom is -0.478 e. The lowest BCUT2D eigenvalue weighted by Crippen LogP contribution is -2.09. The Morgan fingerprint density at radius 2 is 1.81 bits per heavy atom. The van der Waals surface area contributed by atoms with Gasteiger partial charge in [0, 0.05) is 6.08 Å². The van der Waals surface area contributed by atoms with Gasteiger partial charge in [0.1, 0.15) is 0 Å². The molecule has 0 atom stereocenters. The number of carbonyl (C=O) groups excluding carboxylic acids is 2. The number of aromatic carboxylic acids is 1. The van der Waals surface area contributed by atoms with Gasteiger partial charge in [-0.05, 0) is 18.6 Å². The summed E-state index contributed by atoms with van der Waals surface area (Å²) in [4.78, 5) is 31.9. The summed E-state index contributed by atoms with van der Waals surface area (Å²) in [6.45, 7) is 5.67. The SMILES string of the molecule is C=CC(=O)OCCC.COC(=O)c1ccccc1C(=O)O. The third kappa shape index (κ3) is 6.91. The molecule has 1 N–H and O–H groups in total. The molecule has 0 heterocycles. The lowest BCUT2D eigenvalue weighted by Gasteiger charge is -2.02. The maximum atomic E-state index is 11.1. The van der Waals surface area contributed by atoms with E-state index < -0.39 is 11.9 Å². The average Bonchev–Trinajstić information content (AvgIpc) is 2.52. The van der Waals surface area contributed by atoms with Crippen LogP contribution in [0.2, 0.25) is 0 Å². The van der Waals surface area contributed by atoms with Crippen molar-refractivity contribution in [2.24, 2.45) is 0 Å². The van der Waals surface area contributed by atoms with E-state index in [0.29, 0.717) is 6.61 Å². The van der Waals surface area contributed by atoms with Crippen molar-refractivity contribution in [2.45, 2.75) is 13.3 Å². The van der Waals surface area contributed by atoms with Crippen LogP contribution in [0.1, 0.15) is 34.1 Å². The van der Waals surface area contributed by atoms with Gasteiger partial charge in [0.15, 0.2) is 0 Å². The number of rotatable bonds is 5. The molecule has 0 unspecified atom stereocenters. The van der Waals surface area contributed by atoms with E-state index in [1.807, 2.05) is 6.92 Å². The van der Waals surface area contributed by atoms with Crippen molar-refractivity contribution in [1.29, 1.82) is 0 Å². The van der Waals surface area contributed by atoms with Crippen molar-refractivity contribution in [3.05, 3.63) is 48.0 Å². The number of carboxylic acid groups (broad SMARTS) is 1. The second-order valence-electron chi connectivity index (χ2n) is 3.71. The summed E-state index contributed by atoms with van der Waals surface area (Å²) in [6.07, 6.45) is 2.02.